The maximum Gasteiger partial charge on any atom is 0.123 e. The number of benzene rings is 1. The molecular weight excluding hydrogens is 460 g/mol. The van der Waals surface area contributed by atoms with Gasteiger partial charge >= 0.3 is 0 Å². The van der Waals surface area contributed by atoms with Crippen LogP contribution in [0.3, 0.4) is 0 Å². The molecule has 2 bridgehead atoms. The van der Waals surface area contributed by atoms with Gasteiger partial charge in [-0.15, -0.1) is 0 Å². The molecule has 6 rings (SSSR count). The van der Waals surface area contributed by atoms with Crippen LogP contribution in [0.1, 0.15) is 82.6 Å². The van der Waals surface area contributed by atoms with Crippen molar-refractivity contribution in [2.45, 2.75) is 100 Å². The lowest BCUT2D eigenvalue weighted by Crippen LogP contribution is -2.58. The number of aliphatic hydroxyl groups is 1. The molecule has 1 aromatic carbocycles. The Hall–Kier alpha value is -2.05. The van der Waals surface area contributed by atoms with Gasteiger partial charge in [0.25, 0.3) is 0 Å². The fourth-order valence-electron chi connectivity index (χ4n) is 6.94. The Balaban J connectivity index is 1.11. The van der Waals surface area contributed by atoms with E-state index in [4.69, 9.17) is 9.47 Å². The molecule has 3 fully saturated rings. The molecule has 4 heterocycles. The van der Waals surface area contributed by atoms with Crippen molar-refractivity contribution >= 4 is 10.8 Å². The number of fused-ring (bicyclic) bond motifs is 2. The fraction of sp³-hybridized carbons (Fsp3) is 0.594. The summed E-state index contributed by atoms with van der Waals surface area (Å²) in [5.74, 6) is 0.582. The highest BCUT2D eigenvalue weighted by atomic mass is 16.5. The van der Waals surface area contributed by atoms with Gasteiger partial charge in [-0.25, -0.2) is 0 Å². The smallest absolute Gasteiger partial charge is 0.123 e. The summed E-state index contributed by atoms with van der Waals surface area (Å²) in [6.45, 7) is 3.81. The first-order chi connectivity index (χ1) is 18.1. The Labute approximate surface area is 221 Å². The second-order valence-electron chi connectivity index (χ2n) is 11.9. The Morgan fingerprint density at radius 3 is 2.95 bits per heavy atom. The first kappa shape index (κ1) is 25.2. The van der Waals surface area contributed by atoms with E-state index in [0.29, 0.717) is 31.7 Å². The van der Waals surface area contributed by atoms with Crippen LogP contribution in [0.25, 0.3) is 10.8 Å². The van der Waals surface area contributed by atoms with Crippen LogP contribution in [-0.2, 0) is 9.47 Å². The first-order valence-corrected chi connectivity index (χ1v) is 14.5. The van der Waals surface area contributed by atoms with Gasteiger partial charge in [-0.2, -0.15) is 0 Å². The third kappa shape index (κ3) is 5.29. The van der Waals surface area contributed by atoms with E-state index in [0.717, 1.165) is 38.5 Å². The minimum atomic E-state index is -0.673. The van der Waals surface area contributed by atoms with E-state index >= 15 is 0 Å². The molecule has 0 radical (unpaired) electrons. The van der Waals surface area contributed by atoms with Crippen LogP contribution in [0.15, 0.2) is 60.0 Å². The lowest BCUT2D eigenvalue weighted by molar-refractivity contribution is -0.176. The van der Waals surface area contributed by atoms with Crippen LogP contribution < -0.4 is 5.32 Å². The molecule has 1 saturated carbocycles. The van der Waals surface area contributed by atoms with Crippen molar-refractivity contribution in [3.63, 3.8) is 0 Å². The van der Waals surface area contributed by atoms with Gasteiger partial charge in [0.05, 0.1) is 24.9 Å². The fourth-order valence-corrected chi connectivity index (χ4v) is 6.94. The monoisotopic (exact) mass is 502 g/mol. The maximum atomic E-state index is 10.4. The number of allylic oxidation sites excluding steroid dienone is 1. The molecular formula is C32H42N2O3. The maximum absolute atomic E-state index is 10.4. The Morgan fingerprint density at radius 2 is 2.11 bits per heavy atom. The van der Waals surface area contributed by atoms with Crippen molar-refractivity contribution in [3.05, 3.63) is 65.5 Å². The van der Waals surface area contributed by atoms with Crippen molar-refractivity contribution in [2.24, 2.45) is 0 Å². The lowest BCUT2D eigenvalue weighted by atomic mass is 9.75. The molecule has 0 amide bonds. The van der Waals surface area contributed by atoms with Gasteiger partial charge in [-0.3, -0.25) is 4.98 Å². The lowest BCUT2D eigenvalue weighted by Gasteiger charge is -2.44. The van der Waals surface area contributed by atoms with Crippen molar-refractivity contribution in [1.29, 1.82) is 0 Å². The second-order valence-corrected chi connectivity index (χ2v) is 11.9. The summed E-state index contributed by atoms with van der Waals surface area (Å²) in [6, 6.07) is 9.44. The zero-order valence-corrected chi connectivity index (χ0v) is 22.3. The van der Waals surface area contributed by atoms with Crippen LogP contribution in [0.5, 0.6) is 0 Å². The predicted molar refractivity (Wildman–Crippen MR) is 148 cm³/mol. The van der Waals surface area contributed by atoms with E-state index in [1.165, 1.54) is 53.2 Å². The molecule has 5 nitrogen and oxygen atoms in total. The Kier molecular flexibility index (Phi) is 7.24. The third-order valence-electron chi connectivity index (χ3n) is 9.21. The molecule has 1 spiro atoms. The van der Waals surface area contributed by atoms with E-state index in [1.54, 1.807) is 0 Å². The van der Waals surface area contributed by atoms with Crippen molar-refractivity contribution in [3.8, 4) is 0 Å². The highest BCUT2D eigenvalue weighted by molar-refractivity contribution is 5.82. The van der Waals surface area contributed by atoms with E-state index < -0.39 is 5.60 Å². The molecule has 3 aliphatic heterocycles. The van der Waals surface area contributed by atoms with Gasteiger partial charge in [0.2, 0.25) is 0 Å². The quantitative estimate of drug-likeness (QED) is 0.419. The number of ether oxygens (including phenoxy) is 2. The summed E-state index contributed by atoms with van der Waals surface area (Å²) in [7, 11) is 0. The minimum absolute atomic E-state index is 0.0839. The Bertz CT molecular complexity index is 1170. The van der Waals surface area contributed by atoms with Gasteiger partial charge in [-0.05, 0) is 91.5 Å². The largest absolute Gasteiger partial charge is 0.384 e. The minimum Gasteiger partial charge on any atom is -0.384 e. The van der Waals surface area contributed by atoms with Crippen molar-refractivity contribution < 1.29 is 14.6 Å². The molecule has 5 heteroatoms. The van der Waals surface area contributed by atoms with Crippen LogP contribution in [0, 0.1) is 0 Å². The van der Waals surface area contributed by atoms with Crippen LogP contribution in [-0.4, -0.2) is 53.2 Å². The van der Waals surface area contributed by atoms with Crippen molar-refractivity contribution in [2.75, 3.05) is 19.8 Å². The molecule has 1 aliphatic carbocycles. The second kappa shape index (κ2) is 10.6. The SMILES string of the molecule is CCCCC(CCC=C1C=C2CCC(NCC3(O)COC3)CC23CCC1O3)c1ccc2ccncc2c1. The number of aromatic nitrogens is 1. The summed E-state index contributed by atoms with van der Waals surface area (Å²) in [5, 5.41) is 16.5. The number of unbranched alkanes of at least 4 members (excludes halogenated alkanes) is 1. The molecule has 4 aliphatic rings. The number of pyridine rings is 1. The predicted octanol–water partition coefficient (Wildman–Crippen LogP) is 5.98. The topological polar surface area (TPSA) is 63.6 Å². The number of rotatable bonds is 10. The zero-order chi connectivity index (χ0) is 25.3. The molecule has 2 N–H and O–H groups in total. The highest BCUT2D eigenvalue weighted by Gasteiger charge is 2.50. The summed E-state index contributed by atoms with van der Waals surface area (Å²) in [5.41, 5.74) is 3.61. The zero-order valence-electron chi connectivity index (χ0n) is 22.3. The van der Waals surface area contributed by atoms with Gasteiger partial charge in [0, 0.05) is 30.4 Å². The third-order valence-corrected chi connectivity index (χ3v) is 9.21. The van der Waals surface area contributed by atoms with Gasteiger partial charge < -0.3 is 19.9 Å². The average molecular weight is 503 g/mol. The summed E-state index contributed by atoms with van der Waals surface area (Å²) < 4.78 is 12.0. The van der Waals surface area contributed by atoms with E-state index in [2.05, 4.69) is 53.6 Å². The molecule has 198 valence electrons. The number of hydrogen-bond acceptors (Lipinski definition) is 5. The molecule has 4 unspecified atom stereocenters. The van der Waals surface area contributed by atoms with Gasteiger partial charge in [0.15, 0.2) is 0 Å². The number of nitrogens with one attached hydrogen (secondary N) is 1. The first-order valence-electron chi connectivity index (χ1n) is 14.5. The van der Waals surface area contributed by atoms with E-state index in [9.17, 15) is 5.11 Å². The molecule has 4 atom stereocenters. The van der Waals surface area contributed by atoms with Crippen LogP contribution >= 0.6 is 0 Å². The Morgan fingerprint density at radius 1 is 1.19 bits per heavy atom. The van der Waals surface area contributed by atoms with Crippen LogP contribution in [0.4, 0.5) is 0 Å². The summed E-state index contributed by atoms with van der Waals surface area (Å²) >= 11 is 0. The molecule has 1 aromatic heterocycles. The summed E-state index contributed by atoms with van der Waals surface area (Å²) in [4.78, 5) is 4.34. The molecule has 37 heavy (non-hydrogen) atoms. The normalized spacial score (nSPS) is 30.1. The average Bonchev–Trinajstić information content (AvgIpc) is 3.26. The van der Waals surface area contributed by atoms with E-state index in [1.807, 2.05) is 12.4 Å². The standard InChI is InChI=1S/C32H42N2O3/c1-2-3-5-23(25-9-8-24-13-15-33-19-27(24)16-25)6-4-7-26-17-28-10-11-29(34-20-31(35)21-36-22-31)18-32(28)14-12-30(26)37-32/h7-9,13,15-17,19,23,29-30,34-35H,2-6,10-12,14,18,20-22H2,1H3. The number of nitrogens with zero attached hydrogens (tertiary/aromatic N) is 1. The van der Waals surface area contributed by atoms with Gasteiger partial charge in [-0.1, -0.05) is 44.1 Å². The van der Waals surface area contributed by atoms with Gasteiger partial charge in [0.1, 0.15) is 5.60 Å². The van der Waals surface area contributed by atoms with Crippen LogP contribution in [0.2, 0.25) is 0 Å². The van der Waals surface area contributed by atoms with Crippen molar-refractivity contribution in [1.82, 2.24) is 10.3 Å². The number of hydrogen-bond donors (Lipinski definition) is 2. The molecule has 2 saturated heterocycles. The van der Waals surface area contributed by atoms with E-state index in [-0.39, 0.29) is 11.7 Å². The highest BCUT2D eigenvalue weighted by Crippen LogP contribution is 2.51. The summed E-state index contributed by atoms with van der Waals surface area (Å²) in [6.07, 6.45) is 20.6. The molecule has 2 aromatic rings.